The summed E-state index contributed by atoms with van der Waals surface area (Å²) in [5.74, 6) is -3.63. The lowest BCUT2D eigenvalue weighted by Gasteiger charge is -2.51. The van der Waals surface area contributed by atoms with Crippen molar-refractivity contribution in [2.45, 2.75) is 17.7 Å². The van der Waals surface area contributed by atoms with Gasteiger partial charge in [0.25, 0.3) is 5.79 Å². The fourth-order valence-corrected chi connectivity index (χ4v) is 3.73. The molecule has 0 unspecified atom stereocenters. The minimum Gasteiger partial charge on any atom is -0.433 e. The van der Waals surface area contributed by atoms with Gasteiger partial charge in [0.1, 0.15) is 5.76 Å². The maximum Gasteiger partial charge on any atom is 0.385 e. The normalized spacial score (nSPS) is 20.3. The van der Waals surface area contributed by atoms with Crippen LogP contribution in [0.15, 0.2) is 66.2 Å². The lowest BCUT2D eigenvalue weighted by Crippen LogP contribution is -2.65. The molecule has 1 aliphatic heterocycles. The van der Waals surface area contributed by atoms with Gasteiger partial charge in [0, 0.05) is 34.0 Å². The van der Waals surface area contributed by atoms with Gasteiger partial charge in [-0.3, -0.25) is 0 Å². The number of nitrogens with zero attached hydrogens (tertiary/aromatic N) is 1. The van der Waals surface area contributed by atoms with Crippen molar-refractivity contribution in [2.75, 3.05) is 28.4 Å². The van der Waals surface area contributed by atoms with Gasteiger partial charge < -0.3 is 23.7 Å². The van der Waals surface area contributed by atoms with Crippen molar-refractivity contribution in [3.63, 3.8) is 0 Å². The molecule has 0 N–H and O–H groups in total. The summed E-state index contributed by atoms with van der Waals surface area (Å²) >= 11 is 0. The van der Waals surface area contributed by atoms with Crippen LogP contribution in [0.2, 0.25) is 0 Å². The second kappa shape index (κ2) is 8.13. The Kier molecular flexibility index (Phi) is 5.82. The molecular weight excluding hydrogens is 358 g/mol. The van der Waals surface area contributed by atoms with Gasteiger partial charge in [-0.15, -0.1) is 0 Å². The average Bonchev–Trinajstić information content (AvgIpc) is 2.78. The fraction of sp³-hybridized carbons (Fsp3) is 0.318. The molecule has 146 valence electrons. The summed E-state index contributed by atoms with van der Waals surface area (Å²) in [6, 6.07) is 21.1. The molecule has 6 nitrogen and oxygen atoms in total. The quantitative estimate of drug-likeness (QED) is 0.711. The molecule has 3 rings (SSSR count). The lowest BCUT2D eigenvalue weighted by atomic mass is 9.79. The van der Waals surface area contributed by atoms with E-state index in [1.807, 2.05) is 60.7 Å². The van der Waals surface area contributed by atoms with Crippen LogP contribution in [0.1, 0.15) is 17.0 Å². The summed E-state index contributed by atoms with van der Waals surface area (Å²) in [6.07, 6.45) is 0. The third kappa shape index (κ3) is 2.89. The Hall–Kier alpha value is -2.69. The summed E-state index contributed by atoms with van der Waals surface area (Å²) in [5.41, 5.74) is 1.88. The number of methoxy groups -OCH3 is 4. The highest BCUT2D eigenvalue weighted by atomic mass is 16.9. The summed E-state index contributed by atoms with van der Waals surface area (Å²) in [5, 5.41) is 10.1. The minimum absolute atomic E-state index is 0.352. The van der Waals surface area contributed by atoms with Crippen molar-refractivity contribution in [1.29, 1.82) is 5.26 Å². The predicted octanol–water partition coefficient (Wildman–Crippen LogP) is 3.67. The van der Waals surface area contributed by atoms with E-state index in [0.717, 1.165) is 11.1 Å². The first kappa shape index (κ1) is 20.1. The Labute approximate surface area is 164 Å². The minimum atomic E-state index is -1.75. The van der Waals surface area contributed by atoms with Crippen molar-refractivity contribution in [2.24, 2.45) is 0 Å². The van der Waals surface area contributed by atoms with Gasteiger partial charge >= 0.3 is 5.97 Å². The smallest absolute Gasteiger partial charge is 0.385 e. The summed E-state index contributed by atoms with van der Waals surface area (Å²) in [4.78, 5) is 0. The third-order valence-corrected chi connectivity index (χ3v) is 5.01. The molecule has 0 saturated carbocycles. The first-order chi connectivity index (χ1) is 13.6. The zero-order chi connectivity index (χ0) is 20.2. The van der Waals surface area contributed by atoms with Crippen LogP contribution in [-0.4, -0.2) is 40.2 Å². The van der Waals surface area contributed by atoms with Crippen molar-refractivity contribution < 1.29 is 23.7 Å². The SMILES string of the molecule is COC1(OC)OC(c2ccccc2)=C(C#N)[C@@H](c2ccccc2)C1(OC)OC. The molecule has 1 aliphatic rings. The molecule has 0 saturated heterocycles. The summed E-state index contributed by atoms with van der Waals surface area (Å²) in [6.45, 7) is 0. The van der Waals surface area contributed by atoms with Crippen molar-refractivity contribution in [3.05, 3.63) is 77.4 Å². The van der Waals surface area contributed by atoms with Crippen molar-refractivity contribution in [1.82, 2.24) is 0 Å². The Morgan fingerprint density at radius 1 is 0.821 bits per heavy atom. The lowest BCUT2D eigenvalue weighted by molar-refractivity contribution is -0.473. The van der Waals surface area contributed by atoms with E-state index >= 15 is 0 Å². The topological polar surface area (TPSA) is 69.9 Å². The molecule has 1 heterocycles. The maximum absolute atomic E-state index is 10.1. The van der Waals surface area contributed by atoms with Crippen LogP contribution in [0.4, 0.5) is 0 Å². The molecule has 2 aromatic carbocycles. The van der Waals surface area contributed by atoms with Gasteiger partial charge in [0.2, 0.25) is 0 Å². The second-order valence-corrected chi connectivity index (χ2v) is 6.21. The largest absolute Gasteiger partial charge is 0.433 e. The van der Waals surface area contributed by atoms with Crippen LogP contribution in [0, 0.1) is 11.3 Å². The Bertz CT molecular complexity index is 865. The van der Waals surface area contributed by atoms with E-state index in [9.17, 15) is 5.26 Å². The molecule has 0 bridgehead atoms. The number of hydrogen-bond donors (Lipinski definition) is 0. The van der Waals surface area contributed by atoms with Gasteiger partial charge in [-0.1, -0.05) is 60.7 Å². The zero-order valence-electron chi connectivity index (χ0n) is 16.3. The molecule has 28 heavy (non-hydrogen) atoms. The van der Waals surface area contributed by atoms with Crippen LogP contribution >= 0.6 is 0 Å². The standard InChI is InChI=1S/C22H23NO5/c1-24-21(25-2)19(16-11-7-5-8-12-16)18(15-23)20(17-13-9-6-10-14-17)28-22(21,26-3)27-4/h5-14,19H,1-4H3/t19-/m1/s1. The first-order valence-electron chi connectivity index (χ1n) is 8.77. The van der Waals surface area contributed by atoms with Gasteiger partial charge in [0.05, 0.1) is 17.6 Å². The van der Waals surface area contributed by atoms with Gasteiger partial charge in [-0.2, -0.15) is 5.26 Å². The van der Waals surface area contributed by atoms with E-state index in [4.69, 9.17) is 23.7 Å². The molecule has 2 aromatic rings. The average molecular weight is 381 g/mol. The highest BCUT2D eigenvalue weighted by molar-refractivity contribution is 5.71. The Balaban J connectivity index is 2.38. The summed E-state index contributed by atoms with van der Waals surface area (Å²) < 4.78 is 29.2. The maximum atomic E-state index is 10.1. The highest BCUT2D eigenvalue weighted by Crippen LogP contribution is 2.53. The van der Waals surface area contributed by atoms with E-state index in [2.05, 4.69) is 6.07 Å². The number of hydrogen-bond acceptors (Lipinski definition) is 6. The van der Waals surface area contributed by atoms with E-state index in [1.54, 1.807) is 0 Å². The van der Waals surface area contributed by atoms with Gasteiger partial charge in [0.15, 0.2) is 0 Å². The Morgan fingerprint density at radius 2 is 1.36 bits per heavy atom. The van der Waals surface area contributed by atoms with Crippen LogP contribution in [-0.2, 0) is 23.7 Å². The third-order valence-electron chi connectivity index (χ3n) is 5.01. The molecule has 6 heteroatoms. The fourth-order valence-electron chi connectivity index (χ4n) is 3.73. The van der Waals surface area contributed by atoms with Crippen LogP contribution in [0.25, 0.3) is 5.76 Å². The van der Waals surface area contributed by atoms with E-state index in [1.165, 1.54) is 28.4 Å². The molecule has 0 aliphatic carbocycles. The van der Waals surface area contributed by atoms with Crippen LogP contribution < -0.4 is 0 Å². The van der Waals surface area contributed by atoms with Crippen molar-refractivity contribution in [3.8, 4) is 6.07 Å². The van der Waals surface area contributed by atoms with E-state index in [-0.39, 0.29) is 0 Å². The molecule has 0 radical (unpaired) electrons. The number of benzene rings is 2. The molecule has 0 aromatic heterocycles. The number of ether oxygens (including phenoxy) is 5. The van der Waals surface area contributed by atoms with E-state index < -0.39 is 17.7 Å². The van der Waals surface area contributed by atoms with E-state index in [0.29, 0.717) is 11.3 Å². The van der Waals surface area contributed by atoms with Crippen LogP contribution in [0.3, 0.4) is 0 Å². The number of rotatable bonds is 6. The van der Waals surface area contributed by atoms with Gasteiger partial charge in [-0.25, -0.2) is 0 Å². The van der Waals surface area contributed by atoms with Crippen molar-refractivity contribution >= 4 is 5.76 Å². The highest BCUT2D eigenvalue weighted by Gasteiger charge is 2.67. The summed E-state index contributed by atoms with van der Waals surface area (Å²) in [7, 11) is 5.83. The zero-order valence-corrected chi connectivity index (χ0v) is 16.3. The molecule has 0 amide bonds. The predicted molar refractivity (Wildman–Crippen MR) is 103 cm³/mol. The number of nitriles is 1. The monoisotopic (exact) mass is 381 g/mol. The second-order valence-electron chi connectivity index (χ2n) is 6.21. The molecule has 1 atom stereocenters. The molecule has 0 spiro atoms. The van der Waals surface area contributed by atoms with Crippen LogP contribution in [0.5, 0.6) is 0 Å². The Morgan fingerprint density at radius 3 is 1.82 bits per heavy atom. The first-order valence-corrected chi connectivity index (χ1v) is 8.77. The molecular formula is C22H23NO5. The van der Waals surface area contributed by atoms with Gasteiger partial charge in [-0.05, 0) is 5.56 Å². The molecule has 0 fully saturated rings.